The average molecular weight is 433 g/mol. The molecule has 1 N–H and O–H groups in total. The first-order valence-electron chi connectivity index (χ1n) is 10.1. The SMILES string of the molecule is COc1ccc(CCNC(=O)C(C)N2CCOC(c3ccccc3Cl)C2)cc1OC. The number of halogens is 1. The highest BCUT2D eigenvalue weighted by molar-refractivity contribution is 6.31. The summed E-state index contributed by atoms with van der Waals surface area (Å²) in [5.74, 6) is 1.39. The Balaban J connectivity index is 1.52. The van der Waals surface area contributed by atoms with Crippen molar-refractivity contribution in [2.45, 2.75) is 25.5 Å². The molecule has 1 aliphatic rings. The van der Waals surface area contributed by atoms with E-state index in [1.54, 1.807) is 14.2 Å². The zero-order valence-electron chi connectivity index (χ0n) is 17.7. The van der Waals surface area contributed by atoms with Gasteiger partial charge in [0.2, 0.25) is 5.91 Å². The largest absolute Gasteiger partial charge is 0.493 e. The number of nitrogens with one attached hydrogen (secondary N) is 1. The summed E-state index contributed by atoms with van der Waals surface area (Å²) in [6.07, 6.45) is 0.582. The van der Waals surface area contributed by atoms with E-state index >= 15 is 0 Å². The van der Waals surface area contributed by atoms with Crippen molar-refractivity contribution in [3.8, 4) is 11.5 Å². The van der Waals surface area contributed by atoms with Gasteiger partial charge >= 0.3 is 0 Å². The van der Waals surface area contributed by atoms with E-state index in [1.165, 1.54) is 0 Å². The van der Waals surface area contributed by atoms with Crippen LogP contribution in [0.4, 0.5) is 0 Å². The number of nitrogens with zero attached hydrogens (tertiary/aromatic N) is 1. The minimum atomic E-state index is -0.246. The van der Waals surface area contributed by atoms with Crippen LogP contribution in [0.1, 0.15) is 24.2 Å². The zero-order chi connectivity index (χ0) is 21.5. The highest BCUT2D eigenvalue weighted by Gasteiger charge is 2.29. The van der Waals surface area contributed by atoms with Crippen LogP contribution in [-0.2, 0) is 16.0 Å². The molecule has 2 aromatic carbocycles. The van der Waals surface area contributed by atoms with Crippen molar-refractivity contribution < 1.29 is 19.0 Å². The van der Waals surface area contributed by atoms with Crippen molar-refractivity contribution in [2.75, 3.05) is 40.5 Å². The van der Waals surface area contributed by atoms with Crippen molar-refractivity contribution in [3.05, 3.63) is 58.6 Å². The molecule has 0 aliphatic carbocycles. The predicted octanol–water partition coefficient (Wildman–Crippen LogP) is 3.48. The zero-order valence-corrected chi connectivity index (χ0v) is 18.4. The summed E-state index contributed by atoms with van der Waals surface area (Å²) in [6, 6.07) is 13.2. The molecule has 0 saturated carbocycles. The van der Waals surface area contributed by atoms with Crippen molar-refractivity contribution in [1.82, 2.24) is 10.2 Å². The Morgan fingerprint density at radius 3 is 2.73 bits per heavy atom. The molecule has 2 aromatic rings. The van der Waals surface area contributed by atoms with Crippen LogP contribution < -0.4 is 14.8 Å². The van der Waals surface area contributed by atoms with E-state index in [2.05, 4.69) is 10.2 Å². The van der Waals surface area contributed by atoms with Crippen LogP contribution in [0.2, 0.25) is 5.02 Å². The molecule has 0 aromatic heterocycles. The summed E-state index contributed by atoms with van der Waals surface area (Å²) in [5, 5.41) is 3.73. The van der Waals surface area contributed by atoms with Crippen LogP contribution in [0.3, 0.4) is 0 Å². The molecule has 1 heterocycles. The second-order valence-electron chi connectivity index (χ2n) is 7.28. The standard InChI is InChI=1S/C23H29ClN2O4/c1-16(26-12-13-30-22(15-26)18-6-4-5-7-19(18)24)23(27)25-11-10-17-8-9-20(28-2)21(14-17)29-3/h4-9,14,16,22H,10-13,15H2,1-3H3,(H,25,27). The minimum Gasteiger partial charge on any atom is -0.493 e. The van der Waals surface area contributed by atoms with Gasteiger partial charge in [-0.1, -0.05) is 35.9 Å². The van der Waals surface area contributed by atoms with Gasteiger partial charge < -0.3 is 19.5 Å². The van der Waals surface area contributed by atoms with Gasteiger partial charge in [0.25, 0.3) is 0 Å². The van der Waals surface area contributed by atoms with Crippen LogP contribution >= 0.6 is 11.6 Å². The first-order valence-corrected chi connectivity index (χ1v) is 10.5. The lowest BCUT2D eigenvalue weighted by Gasteiger charge is -2.36. The molecule has 1 fully saturated rings. The fourth-order valence-corrected chi connectivity index (χ4v) is 3.88. The summed E-state index contributed by atoms with van der Waals surface area (Å²) in [5.41, 5.74) is 2.04. The van der Waals surface area contributed by atoms with Gasteiger partial charge in [0, 0.05) is 30.2 Å². The maximum absolute atomic E-state index is 12.7. The summed E-state index contributed by atoms with van der Waals surface area (Å²) in [6.45, 7) is 4.40. The second-order valence-corrected chi connectivity index (χ2v) is 7.69. The van der Waals surface area contributed by atoms with Gasteiger partial charge in [-0.05, 0) is 37.1 Å². The molecule has 2 unspecified atom stereocenters. The number of benzene rings is 2. The van der Waals surface area contributed by atoms with Crippen molar-refractivity contribution in [1.29, 1.82) is 0 Å². The third-order valence-electron chi connectivity index (χ3n) is 5.44. The van der Waals surface area contributed by atoms with Gasteiger partial charge in [-0.25, -0.2) is 0 Å². The van der Waals surface area contributed by atoms with Crippen molar-refractivity contribution in [3.63, 3.8) is 0 Å². The molecular weight excluding hydrogens is 404 g/mol. The number of carbonyl (C=O) groups excluding carboxylic acids is 1. The van der Waals surface area contributed by atoms with Gasteiger partial charge in [-0.3, -0.25) is 9.69 Å². The van der Waals surface area contributed by atoms with Gasteiger partial charge in [0.15, 0.2) is 11.5 Å². The fraction of sp³-hybridized carbons (Fsp3) is 0.435. The Labute approximate surface area is 183 Å². The summed E-state index contributed by atoms with van der Waals surface area (Å²) in [7, 11) is 3.23. The van der Waals surface area contributed by atoms with Crippen molar-refractivity contribution >= 4 is 17.5 Å². The molecule has 6 nitrogen and oxygen atoms in total. The van der Waals surface area contributed by atoms with Crippen LogP contribution in [0, 0.1) is 0 Å². The number of morpholine rings is 1. The van der Waals surface area contributed by atoms with E-state index in [0.29, 0.717) is 49.2 Å². The van der Waals surface area contributed by atoms with Crippen LogP contribution in [0.25, 0.3) is 0 Å². The Kier molecular flexibility index (Phi) is 7.96. The van der Waals surface area contributed by atoms with Crippen LogP contribution in [0.5, 0.6) is 11.5 Å². The molecule has 0 spiro atoms. The molecule has 7 heteroatoms. The molecule has 0 radical (unpaired) electrons. The summed E-state index contributed by atoms with van der Waals surface area (Å²) in [4.78, 5) is 14.8. The Bertz CT molecular complexity index is 861. The second kappa shape index (κ2) is 10.7. The Hall–Kier alpha value is -2.28. The van der Waals surface area contributed by atoms with Gasteiger partial charge in [-0.2, -0.15) is 0 Å². The molecule has 3 rings (SSSR count). The number of hydrogen-bond donors (Lipinski definition) is 1. The molecule has 2 atom stereocenters. The van der Waals surface area contributed by atoms with E-state index < -0.39 is 0 Å². The van der Waals surface area contributed by atoms with Crippen molar-refractivity contribution in [2.24, 2.45) is 0 Å². The quantitative estimate of drug-likeness (QED) is 0.692. The number of ether oxygens (including phenoxy) is 3. The molecule has 30 heavy (non-hydrogen) atoms. The molecule has 1 aliphatic heterocycles. The number of rotatable bonds is 8. The van der Waals surface area contributed by atoms with Crippen LogP contribution in [-0.4, -0.2) is 57.3 Å². The van der Waals surface area contributed by atoms with E-state index in [1.807, 2.05) is 49.4 Å². The van der Waals surface area contributed by atoms with E-state index in [9.17, 15) is 4.79 Å². The lowest BCUT2D eigenvalue weighted by atomic mass is 10.1. The number of hydrogen-bond acceptors (Lipinski definition) is 5. The number of carbonyl (C=O) groups is 1. The van der Waals surface area contributed by atoms with E-state index in [-0.39, 0.29) is 18.1 Å². The molecule has 0 bridgehead atoms. The maximum atomic E-state index is 12.7. The van der Waals surface area contributed by atoms with Crippen LogP contribution in [0.15, 0.2) is 42.5 Å². The molecule has 162 valence electrons. The summed E-state index contributed by atoms with van der Waals surface area (Å²) >= 11 is 6.32. The lowest BCUT2D eigenvalue weighted by Crippen LogP contribution is -2.50. The maximum Gasteiger partial charge on any atom is 0.237 e. The normalized spacial score (nSPS) is 17.9. The summed E-state index contributed by atoms with van der Waals surface area (Å²) < 4.78 is 16.5. The number of methoxy groups -OCH3 is 2. The van der Waals surface area contributed by atoms with Gasteiger partial charge in [0.1, 0.15) is 0 Å². The third kappa shape index (κ3) is 5.45. The average Bonchev–Trinajstić information content (AvgIpc) is 2.78. The van der Waals surface area contributed by atoms with Gasteiger partial charge in [-0.15, -0.1) is 0 Å². The highest BCUT2D eigenvalue weighted by atomic mass is 35.5. The lowest BCUT2D eigenvalue weighted by molar-refractivity contribution is -0.129. The predicted molar refractivity (Wildman–Crippen MR) is 117 cm³/mol. The fourth-order valence-electron chi connectivity index (χ4n) is 3.63. The third-order valence-corrected chi connectivity index (χ3v) is 5.78. The highest BCUT2D eigenvalue weighted by Crippen LogP contribution is 2.29. The molecular formula is C23H29ClN2O4. The topological polar surface area (TPSA) is 60.0 Å². The smallest absolute Gasteiger partial charge is 0.237 e. The minimum absolute atomic E-state index is 0.00952. The van der Waals surface area contributed by atoms with Gasteiger partial charge in [0.05, 0.1) is 33.0 Å². The Morgan fingerprint density at radius 2 is 2.00 bits per heavy atom. The molecule has 1 amide bonds. The monoisotopic (exact) mass is 432 g/mol. The van der Waals surface area contributed by atoms with E-state index in [4.69, 9.17) is 25.8 Å². The first-order chi connectivity index (χ1) is 14.5. The first kappa shape index (κ1) is 22.4. The Morgan fingerprint density at radius 1 is 1.23 bits per heavy atom. The number of amides is 1. The molecule has 1 saturated heterocycles. The van der Waals surface area contributed by atoms with E-state index in [0.717, 1.165) is 11.1 Å².